The predicted molar refractivity (Wildman–Crippen MR) is 167 cm³/mol. The van der Waals surface area contributed by atoms with Crippen LogP contribution in [0.4, 0.5) is 0 Å². The maximum absolute atomic E-state index is 6.10. The average Bonchev–Trinajstić information content (AvgIpc) is 3.52. The number of benzene rings is 6. The Hall–Kier alpha value is -4.60. The summed E-state index contributed by atoms with van der Waals surface area (Å²) >= 11 is 3.61. The monoisotopic (exact) mass is 563 g/mol. The lowest BCUT2D eigenvalue weighted by Gasteiger charge is -2.09. The molecule has 0 aliphatic rings. The molecule has 0 amide bonds. The van der Waals surface area contributed by atoms with E-state index in [9.17, 15) is 0 Å². The van der Waals surface area contributed by atoms with Crippen molar-refractivity contribution < 1.29 is 4.42 Å². The molecule has 0 radical (unpaired) electrons. The van der Waals surface area contributed by atoms with Crippen LogP contribution in [-0.4, -0.2) is 4.57 Å². The Balaban J connectivity index is 1.32. The van der Waals surface area contributed by atoms with E-state index in [1.54, 1.807) is 0 Å². The van der Waals surface area contributed by atoms with E-state index < -0.39 is 0 Å². The van der Waals surface area contributed by atoms with E-state index in [-0.39, 0.29) is 0 Å². The van der Waals surface area contributed by atoms with Gasteiger partial charge in [-0.1, -0.05) is 88.7 Å². The number of halogens is 1. The first-order valence-electron chi connectivity index (χ1n) is 13.0. The fourth-order valence-electron chi connectivity index (χ4n) is 5.83. The summed E-state index contributed by atoms with van der Waals surface area (Å²) in [4.78, 5) is 0. The van der Waals surface area contributed by atoms with Crippen LogP contribution < -0.4 is 0 Å². The van der Waals surface area contributed by atoms with E-state index in [0.29, 0.717) is 0 Å². The second-order valence-electron chi connectivity index (χ2n) is 9.95. The van der Waals surface area contributed by atoms with Crippen LogP contribution >= 0.6 is 15.9 Å². The molecule has 2 nitrogen and oxygen atoms in total. The predicted octanol–water partition coefficient (Wildman–Crippen LogP) is 10.8. The largest absolute Gasteiger partial charge is 0.456 e. The Bertz CT molecular complexity index is 2200. The summed E-state index contributed by atoms with van der Waals surface area (Å²) < 4.78 is 9.55. The third kappa shape index (κ3) is 3.62. The summed E-state index contributed by atoms with van der Waals surface area (Å²) in [6, 6.07) is 47.5. The summed E-state index contributed by atoms with van der Waals surface area (Å²) in [7, 11) is 0. The van der Waals surface area contributed by atoms with Crippen LogP contribution in [0.25, 0.3) is 71.7 Å². The Morgan fingerprint density at radius 3 is 1.95 bits per heavy atom. The number of hydrogen-bond donors (Lipinski definition) is 0. The molecule has 6 aromatic carbocycles. The van der Waals surface area contributed by atoms with E-state index in [1.807, 2.05) is 12.1 Å². The van der Waals surface area contributed by atoms with Crippen molar-refractivity contribution in [3.05, 3.63) is 138 Å². The average molecular weight is 564 g/mol. The minimum Gasteiger partial charge on any atom is -0.456 e. The first kappa shape index (κ1) is 22.4. The van der Waals surface area contributed by atoms with Crippen molar-refractivity contribution in [1.82, 2.24) is 4.57 Å². The number of para-hydroxylation sites is 2. The van der Waals surface area contributed by atoms with Crippen LogP contribution in [0.1, 0.15) is 0 Å². The molecule has 2 aromatic heterocycles. The van der Waals surface area contributed by atoms with E-state index in [1.165, 1.54) is 44.1 Å². The zero-order valence-electron chi connectivity index (χ0n) is 20.9. The highest BCUT2D eigenvalue weighted by Crippen LogP contribution is 2.37. The van der Waals surface area contributed by atoms with Gasteiger partial charge in [0.15, 0.2) is 0 Å². The number of fused-ring (bicyclic) bond motifs is 6. The van der Waals surface area contributed by atoms with Crippen molar-refractivity contribution in [3.8, 4) is 27.9 Å². The maximum atomic E-state index is 6.10. The summed E-state index contributed by atoms with van der Waals surface area (Å²) in [6.07, 6.45) is 0. The highest BCUT2D eigenvalue weighted by molar-refractivity contribution is 9.10. The topological polar surface area (TPSA) is 18.1 Å². The molecule has 0 aliphatic carbocycles. The molecule has 3 heteroatoms. The molecule has 0 fully saturated rings. The summed E-state index contributed by atoms with van der Waals surface area (Å²) in [5.41, 5.74) is 10.2. The van der Waals surface area contributed by atoms with E-state index in [4.69, 9.17) is 4.42 Å². The van der Waals surface area contributed by atoms with Crippen LogP contribution in [0, 0.1) is 0 Å². The van der Waals surface area contributed by atoms with E-state index in [0.717, 1.165) is 32.1 Å². The molecule has 0 saturated heterocycles. The van der Waals surface area contributed by atoms with Gasteiger partial charge in [-0.2, -0.15) is 0 Å². The molecule has 184 valence electrons. The zero-order valence-corrected chi connectivity index (χ0v) is 22.5. The van der Waals surface area contributed by atoms with Gasteiger partial charge in [0.1, 0.15) is 11.2 Å². The Kier molecular flexibility index (Phi) is 5.01. The standard InChI is InChI=1S/C36H22BrNO/c37-27-10-6-9-25(20-27)23-7-5-8-24(19-23)26-15-17-34-31(21-26)29-11-1-3-13-33(29)38(34)28-16-18-36-32(22-28)30-12-2-4-14-35(30)39-36/h1-22H. The van der Waals surface area contributed by atoms with Gasteiger partial charge in [-0.15, -0.1) is 0 Å². The molecule has 0 saturated carbocycles. The smallest absolute Gasteiger partial charge is 0.135 e. The van der Waals surface area contributed by atoms with Gasteiger partial charge in [0.05, 0.1) is 11.0 Å². The number of nitrogens with zero attached hydrogens (tertiary/aromatic N) is 1. The maximum Gasteiger partial charge on any atom is 0.135 e. The molecule has 39 heavy (non-hydrogen) atoms. The van der Waals surface area contributed by atoms with Crippen LogP contribution in [-0.2, 0) is 0 Å². The van der Waals surface area contributed by atoms with Gasteiger partial charge in [-0.05, 0) is 82.9 Å². The summed E-state index contributed by atoms with van der Waals surface area (Å²) in [6.45, 7) is 0. The van der Waals surface area contributed by atoms with Crippen molar-refractivity contribution in [2.75, 3.05) is 0 Å². The van der Waals surface area contributed by atoms with Crippen molar-refractivity contribution in [1.29, 1.82) is 0 Å². The van der Waals surface area contributed by atoms with Crippen molar-refractivity contribution in [2.45, 2.75) is 0 Å². The van der Waals surface area contributed by atoms with Gasteiger partial charge < -0.3 is 8.98 Å². The SMILES string of the molecule is Brc1cccc(-c2cccc(-c3ccc4c(c3)c3ccccc3n4-c3ccc4oc5ccccc5c4c3)c2)c1. The Morgan fingerprint density at radius 1 is 0.436 bits per heavy atom. The molecule has 8 rings (SSSR count). The van der Waals surface area contributed by atoms with Gasteiger partial charge in [-0.3, -0.25) is 0 Å². The Morgan fingerprint density at radius 2 is 1.10 bits per heavy atom. The normalized spacial score (nSPS) is 11.7. The van der Waals surface area contributed by atoms with Crippen LogP contribution in [0.15, 0.2) is 142 Å². The first-order chi connectivity index (χ1) is 19.2. The molecule has 0 atom stereocenters. The molecule has 0 unspecified atom stereocenters. The highest BCUT2D eigenvalue weighted by atomic mass is 79.9. The van der Waals surface area contributed by atoms with Gasteiger partial charge >= 0.3 is 0 Å². The lowest BCUT2D eigenvalue weighted by Crippen LogP contribution is -1.93. The lowest BCUT2D eigenvalue weighted by molar-refractivity contribution is 0.669. The Labute approximate surface area is 233 Å². The second-order valence-corrected chi connectivity index (χ2v) is 10.9. The number of aromatic nitrogens is 1. The van der Waals surface area contributed by atoms with E-state index in [2.05, 4.69) is 142 Å². The minimum atomic E-state index is 0.910. The van der Waals surface area contributed by atoms with E-state index >= 15 is 0 Å². The third-order valence-electron chi connectivity index (χ3n) is 7.64. The van der Waals surface area contributed by atoms with Crippen molar-refractivity contribution in [2.24, 2.45) is 0 Å². The van der Waals surface area contributed by atoms with Crippen molar-refractivity contribution >= 4 is 59.7 Å². The van der Waals surface area contributed by atoms with Gasteiger partial charge in [0, 0.05) is 31.7 Å². The van der Waals surface area contributed by atoms with Crippen LogP contribution in [0.2, 0.25) is 0 Å². The second kappa shape index (κ2) is 8.72. The fraction of sp³-hybridized carbons (Fsp3) is 0. The quantitative estimate of drug-likeness (QED) is 0.209. The van der Waals surface area contributed by atoms with Gasteiger partial charge in [0.25, 0.3) is 0 Å². The summed E-state index contributed by atoms with van der Waals surface area (Å²) in [5.74, 6) is 0. The molecular weight excluding hydrogens is 542 g/mol. The lowest BCUT2D eigenvalue weighted by atomic mass is 9.98. The van der Waals surface area contributed by atoms with Gasteiger partial charge in [0.2, 0.25) is 0 Å². The number of rotatable bonds is 3. The highest BCUT2D eigenvalue weighted by Gasteiger charge is 2.15. The molecule has 2 heterocycles. The molecule has 0 aliphatic heterocycles. The van der Waals surface area contributed by atoms with Gasteiger partial charge in [-0.25, -0.2) is 0 Å². The fourth-order valence-corrected chi connectivity index (χ4v) is 6.23. The molecule has 0 N–H and O–H groups in total. The minimum absolute atomic E-state index is 0.910. The molecular formula is C36H22BrNO. The number of hydrogen-bond acceptors (Lipinski definition) is 1. The molecule has 0 spiro atoms. The third-order valence-corrected chi connectivity index (χ3v) is 8.14. The summed E-state index contributed by atoms with van der Waals surface area (Å²) in [5, 5.41) is 4.76. The van der Waals surface area contributed by atoms with Crippen LogP contribution in [0.5, 0.6) is 0 Å². The molecule has 0 bridgehead atoms. The zero-order chi connectivity index (χ0) is 25.9. The first-order valence-corrected chi connectivity index (χ1v) is 13.8. The van der Waals surface area contributed by atoms with Crippen molar-refractivity contribution in [3.63, 3.8) is 0 Å². The van der Waals surface area contributed by atoms with Crippen LogP contribution in [0.3, 0.4) is 0 Å². The molecule has 8 aromatic rings. The number of furan rings is 1.